The van der Waals surface area contributed by atoms with Crippen LogP contribution in [0.25, 0.3) is 54.6 Å². The van der Waals surface area contributed by atoms with E-state index >= 15 is 0 Å². The largest absolute Gasteiger partial charge is 0.309 e. The molecule has 0 aliphatic heterocycles. The lowest BCUT2D eigenvalue weighted by molar-refractivity contribution is 1.06. The average Bonchev–Trinajstić information content (AvgIpc) is 3.22. The van der Waals surface area contributed by atoms with Crippen molar-refractivity contribution in [2.45, 2.75) is 11.8 Å². The van der Waals surface area contributed by atoms with Crippen molar-refractivity contribution >= 4 is 60.5 Å². The summed E-state index contributed by atoms with van der Waals surface area (Å²) in [6.07, 6.45) is 7.17. The van der Waals surface area contributed by atoms with Gasteiger partial charge in [-0.2, -0.15) is 0 Å². The van der Waals surface area contributed by atoms with Crippen molar-refractivity contribution in [3.63, 3.8) is 0 Å². The van der Waals surface area contributed by atoms with E-state index in [9.17, 15) is 0 Å². The fourth-order valence-corrected chi connectivity index (χ4v) is 5.68. The van der Waals surface area contributed by atoms with Crippen LogP contribution in [0.4, 0.5) is 0 Å². The van der Waals surface area contributed by atoms with E-state index in [2.05, 4.69) is 120 Å². The Hall–Kier alpha value is -3.81. The number of hydrogen-bond donors (Lipinski definition) is 0. The summed E-state index contributed by atoms with van der Waals surface area (Å²) in [7, 11) is 0. The maximum atomic E-state index is 6.44. The minimum atomic E-state index is 0.0512. The summed E-state index contributed by atoms with van der Waals surface area (Å²) in [5.74, 6) is 0. The Labute approximate surface area is 203 Å². The molecule has 1 atom stereocenters. The Morgan fingerprint density at radius 3 is 2.26 bits per heavy atom. The SMILES string of the molecule is ClC1C=CC=C(c2ccc3c4ccccc4n(-c4ccc5ccc6ccccc6c5c4)c3c2)C1. The first kappa shape index (κ1) is 19.6. The number of para-hydroxylation sites is 1. The number of halogens is 1. The zero-order chi connectivity index (χ0) is 22.6. The molecule has 0 N–H and O–H groups in total. The van der Waals surface area contributed by atoms with E-state index in [1.807, 2.05) is 0 Å². The molecular formula is C32H22ClN. The number of alkyl halides is 1. The van der Waals surface area contributed by atoms with Crippen LogP contribution in [0.5, 0.6) is 0 Å². The minimum Gasteiger partial charge on any atom is -0.309 e. The van der Waals surface area contributed by atoms with Crippen molar-refractivity contribution in [2.75, 3.05) is 0 Å². The zero-order valence-electron chi connectivity index (χ0n) is 18.6. The molecule has 1 unspecified atom stereocenters. The van der Waals surface area contributed by atoms with Crippen molar-refractivity contribution in [2.24, 2.45) is 0 Å². The van der Waals surface area contributed by atoms with Crippen LogP contribution in [0, 0.1) is 0 Å². The fourth-order valence-electron chi connectivity index (χ4n) is 5.43. The quantitative estimate of drug-likeness (QED) is 0.181. The highest BCUT2D eigenvalue weighted by Gasteiger charge is 2.16. The monoisotopic (exact) mass is 455 g/mol. The van der Waals surface area contributed by atoms with Gasteiger partial charge in [0, 0.05) is 16.5 Å². The third-order valence-corrected chi connectivity index (χ3v) is 7.37. The first-order chi connectivity index (χ1) is 16.8. The normalized spacial score (nSPS) is 16.0. The Kier molecular flexibility index (Phi) is 4.40. The lowest BCUT2D eigenvalue weighted by atomic mass is 9.96. The Morgan fingerprint density at radius 2 is 1.38 bits per heavy atom. The van der Waals surface area contributed by atoms with Gasteiger partial charge in [-0.1, -0.05) is 91.0 Å². The molecule has 0 saturated heterocycles. The van der Waals surface area contributed by atoms with Gasteiger partial charge in [-0.05, 0) is 63.4 Å². The predicted molar refractivity (Wildman–Crippen MR) is 147 cm³/mol. The smallest absolute Gasteiger partial charge is 0.0559 e. The zero-order valence-corrected chi connectivity index (χ0v) is 19.3. The average molecular weight is 456 g/mol. The van der Waals surface area contributed by atoms with Gasteiger partial charge in [-0.15, -0.1) is 11.6 Å². The number of hydrogen-bond acceptors (Lipinski definition) is 0. The Morgan fingerprint density at radius 1 is 0.647 bits per heavy atom. The second kappa shape index (κ2) is 7.62. The van der Waals surface area contributed by atoms with E-state index in [1.54, 1.807) is 0 Å². The highest BCUT2D eigenvalue weighted by atomic mass is 35.5. The summed E-state index contributed by atoms with van der Waals surface area (Å²) in [6.45, 7) is 0. The molecule has 1 aliphatic rings. The first-order valence-electron chi connectivity index (χ1n) is 11.7. The second-order valence-corrected chi connectivity index (χ2v) is 9.63. The topological polar surface area (TPSA) is 4.93 Å². The van der Waals surface area contributed by atoms with Gasteiger partial charge in [-0.25, -0.2) is 0 Å². The van der Waals surface area contributed by atoms with Crippen LogP contribution in [-0.2, 0) is 0 Å². The molecule has 0 radical (unpaired) electrons. The number of rotatable bonds is 2. The van der Waals surface area contributed by atoms with Crippen molar-refractivity contribution in [1.29, 1.82) is 0 Å². The molecule has 0 fully saturated rings. The highest BCUT2D eigenvalue weighted by Crippen LogP contribution is 2.36. The predicted octanol–water partition coefficient (Wildman–Crippen LogP) is 9.04. The molecule has 7 rings (SSSR count). The number of fused-ring (bicyclic) bond motifs is 6. The van der Waals surface area contributed by atoms with Crippen molar-refractivity contribution in [1.82, 2.24) is 4.57 Å². The summed E-state index contributed by atoms with van der Waals surface area (Å²) in [6, 6.07) is 35.4. The third kappa shape index (κ3) is 3.01. The molecule has 2 heteroatoms. The standard InChI is InChI=1S/C32H22ClN/c33-25-8-5-7-23(18-25)24-15-17-29-28-10-3-4-11-31(28)34(32(29)19-24)26-16-14-22-13-12-21-6-1-2-9-27(21)30(22)20-26/h1-17,19-20,25H,18H2. The summed E-state index contributed by atoms with van der Waals surface area (Å²) in [4.78, 5) is 0. The summed E-state index contributed by atoms with van der Waals surface area (Å²) < 4.78 is 2.41. The molecule has 0 bridgehead atoms. The summed E-state index contributed by atoms with van der Waals surface area (Å²) in [5, 5.41) is 7.69. The summed E-state index contributed by atoms with van der Waals surface area (Å²) in [5.41, 5.74) is 6.14. The van der Waals surface area contributed by atoms with Gasteiger partial charge >= 0.3 is 0 Å². The Bertz CT molecular complexity index is 1800. The van der Waals surface area contributed by atoms with E-state index in [-0.39, 0.29) is 5.38 Å². The molecule has 0 saturated carbocycles. The molecule has 1 heterocycles. The molecule has 162 valence electrons. The molecule has 1 aliphatic carbocycles. The van der Waals surface area contributed by atoms with E-state index in [4.69, 9.17) is 11.6 Å². The molecule has 5 aromatic carbocycles. The molecule has 1 aromatic heterocycles. The molecule has 34 heavy (non-hydrogen) atoms. The van der Waals surface area contributed by atoms with Gasteiger partial charge in [0.1, 0.15) is 0 Å². The maximum Gasteiger partial charge on any atom is 0.0559 e. The molecule has 1 nitrogen and oxygen atoms in total. The molecule has 6 aromatic rings. The van der Waals surface area contributed by atoms with Gasteiger partial charge in [0.05, 0.1) is 16.4 Å². The highest BCUT2D eigenvalue weighted by molar-refractivity contribution is 6.22. The minimum absolute atomic E-state index is 0.0512. The molecular weight excluding hydrogens is 434 g/mol. The van der Waals surface area contributed by atoms with Crippen LogP contribution >= 0.6 is 11.6 Å². The lowest BCUT2D eigenvalue weighted by Gasteiger charge is -2.15. The second-order valence-electron chi connectivity index (χ2n) is 9.07. The van der Waals surface area contributed by atoms with Crippen molar-refractivity contribution in [3.8, 4) is 5.69 Å². The van der Waals surface area contributed by atoms with Crippen LogP contribution < -0.4 is 0 Å². The van der Waals surface area contributed by atoms with Gasteiger partial charge < -0.3 is 4.57 Å². The number of benzene rings is 5. The van der Waals surface area contributed by atoms with E-state index in [1.165, 1.54) is 60.2 Å². The van der Waals surface area contributed by atoms with Crippen LogP contribution in [-0.4, -0.2) is 9.94 Å². The van der Waals surface area contributed by atoms with Crippen LogP contribution in [0.15, 0.2) is 115 Å². The van der Waals surface area contributed by atoms with Gasteiger partial charge in [0.15, 0.2) is 0 Å². The third-order valence-electron chi connectivity index (χ3n) is 7.07. The van der Waals surface area contributed by atoms with E-state index in [0.29, 0.717) is 0 Å². The number of allylic oxidation sites excluding steroid dienone is 4. The van der Waals surface area contributed by atoms with E-state index < -0.39 is 0 Å². The van der Waals surface area contributed by atoms with Crippen LogP contribution in [0.2, 0.25) is 0 Å². The fraction of sp³-hybridized carbons (Fsp3) is 0.0625. The molecule has 0 amide bonds. The Balaban J connectivity index is 1.53. The van der Waals surface area contributed by atoms with Crippen LogP contribution in [0.1, 0.15) is 12.0 Å². The van der Waals surface area contributed by atoms with Gasteiger partial charge in [-0.3, -0.25) is 0 Å². The lowest BCUT2D eigenvalue weighted by Crippen LogP contribution is -2.00. The van der Waals surface area contributed by atoms with E-state index in [0.717, 1.165) is 6.42 Å². The first-order valence-corrected chi connectivity index (χ1v) is 12.2. The number of aromatic nitrogens is 1. The number of nitrogens with zero attached hydrogens (tertiary/aromatic N) is 1. The van der Waals surface area contributed by atoms with Gasteiger partial charge in [0.2, 0.25) is 0 Å². The van der Waals surface area contributed by atoms with Gasteiger partial charge in [0.25, 0.3) is 0 Å². The maximum absolute atomic E-state index is 6.44. The van der Waals surface area contributed by atoms with Crippen molar-refractivity contribution in [3.05, 3.63) is 121 Å². The molecule has 0 spiro atoms. The van der Waals surface area contributed by atoms with Crippen LogP contribution in [0.3, 0.4) is 0 Å². The van der Waals surface area contributed by atoms with Crippen molar-refractivity contribution < 1.29 is 0 Å². The summed E-state index contributed by atoms with van der Waals surface area (Å²) >= 11 is 6.44.